The van der Waals surface area contributed by atoms with Crippen LogP contribution in [0.3, 0.4) is 0 Å². The molecule has 54 heavy (non-hydrogen) atoms. The average molecular weight is 709 g/mol. The Kier molecular flexibility index (Phi) is 6.83. The topological polar surface area (TPSA) is 25.2 Å². The summed E-state index contributed by atoms with van der Waals surface area (Å²) in [6.07, 6.45) is 0. The Balaban J connectivity index is 1.11. The first-order chi connectivity index (χ1) is 26.7. The lowest BCUT2D eigenvalue weighted by atomic mass is 10.0. The van der Waals surface area contributed by atoms with Gasteiger partial charge in [-0.3, -0.25) is 0 Å². The van der Waals surface area contributed by atoms with E-state index < -0.39 is 7.14 Å². The Morgan fingerprint density at radius 3 is 1.70 bits per heavy atom. The maximum atomic E-state index is 15.8. The van der Waals surface area contributed by atoms with Crippen LogP contribution >= 0.6 is 7.14 Å². The predicted octanol–water partition coefficient (Wildman–Crippen LogP) is 12.2. The molecule has 10 aromatic rings. The van der Waals surface area contributed by atoms with E-state index >= 15 is 4.57 Å². The zero-order chi connectivity index (χ0) is 35.8. The van der Waals surface area contributed by atoms with Crippen LogP contribution in [-0.2, 0) is 4.57 Å². The van der Waals surface area contributed by atoms with Crippen LogP contribution in [0, 0.1) is 0 Å². The minimum absolute atomic E-state index is 0.868. The largest absolute Gasteiger partial charge is 0.310 e. The van der Waals surface area contributed by atoms with Crippen LogP contribution in [0.15, 0.2) is 200 Å². The van der Waals surface area contributed by atoms with Crippen LogP contribution in [0.5, 0.6) is 0 Å². The van der Waals surface area contributed by atoms with E-state index in [1.807, 2.05) is 36.4 Å². The van der Waals surface area contributed by atoms with E-state index in [-0.39, 0.29) is 0 Å². The van der Waals surface area contributed by atoms with Gasteiger partial charge in [0.1, 0.15) is 0 Å². The van der Waals surface area contributed by atoms with E-state index in [9.17, 15) is 0 Å². The fraction of sp³-hybridized carbons (Fsp3) is 0. The second-order valence-corrected chi connectivity index (χ2v) is 16.7. The molecule has 1 atom stereocenters. The lowest BCUT2D eigenvalue weighted by molar-refractivity contribution is 0.593. The van der Waals surface area contributed by atoms with Crippen molar-refractivity contribution in [3.05, 3.63) is 200 Å². The number of fused-ring (bicyclic) bond motifs is 9. The first-order valence-electron chi connectivity index (χ1n) is 18.4. The van der Waals surface area contributed by atoms with E-state index in [1.54, 1.807) is 0 Å². The summed E-state index contributed by atoms with van der Waals surface area (Å²) in [7, 11) is -3.17. The molecule has 4 heteroatoms. The summed E-state index contributed by atoms with van der Waals surface area (Å²) in [6.45, 7) is 0. The van der Waals surface area contributed by atoms with Crippen LogP contribution in [0.25, 0.3) is 60.2 Å². The Labute approximate surface area is 313 Å². The van der Waals surface area contributed by atoms with Crippen LogP contribution in [0.4, 0.5) is 17.1 Å². The first-order valence-corrected chi connectivity index (χ1v) is 20.1. The quantitative estimate of drug-likeness (QED) is 0.166. The van der Waals surface area contributed by atoms with Gasteiger partial charge >= 0.3 is 0 Å². The monoisotopic (exact) mass is 708 g/mol. The lowest BCUT2D eigenvalue weighted by Crippen LogP contribution is -2.21. The molecule has 254 valence electrons. The van der Waals surface area contributed by atoms with Gasteiger partial charge < -0.3 is 14.0 Å². The van der Waals surface area contributed by atoms with E-state index in [4.69, 9.17) is 0 Å². The molecule has 1 aliphatic rings. The molecular formula is C50H33N2OP. The molecule has 0 N–H and O–H groups in total. The van der Waals surface area contributed by atoms with Gasteiger partial charge in [0, 0.05) is 49.4 Å². The molecule has 0 spiro atoms. The van der Waals surface area contributed by atoms with Crippen LogP contribution in [0.1, 0.15) is 0 Å². The van der Waals surface area contributed by atoms with Crippen LogP contribution < -0.4 is 20.8 Å². The lowest BCUT2D eigenvalue weighted by Gasteiger charge is -2.26. The molecule has 0 saturated heterocycles. The zero-order valence-electron chi connectivity index (χ0n) is 29.3. The van der Waals surface area contributed by atoms with Gasteiger partial charge in [0.25, 0.3) is 0 Å². The molecule has 0 bridgehead atoms. The van der Waals surface area contributed by atoms with Crippen molar-refractivity contribution in [2.75, 3.05) is 4.90 Å². The Bertz CT molecular complexity index is 3070. The number of aromatic nitrogens is 1. The second kappa shape index (κ2) is 11.9. The maximum Gasteiger partial charge on any atom is 0.172 e. The summed E-state index contributed by atoms with van der Waals surface area (Å²) >= 11 is 0. The van der Waals surface area contributed by atoms with E-state index in [1.165, 1.54) is 21.5 Å². The smallest absolute Gasteiger partial charge is 0.172 e. The highest BCUT2D eigenvalue weighted by atomic mass is 31.2. The second-order valence-electron chi connectivity index (χ2n) is 14.1. The van der Waals surface area contributed by atoms with Gasteiger partial charge in [-0.2, -0.15) is 0 Å². The van der Waals surface area contributed by atoms with Gasteiger partial charge in [0.2, 0.25) is 0 Å². The molecule has 1 aliphatic heterocycles. The predicted molar refractivity (Wildman–Crippen MR) is 229 cm³/mol. The van der Waals surface area contributed by atoms with Crippen LogP contribution in [0.2, 0.25) is 0 Å². The summed E-state index contributed by atoms with van der Waals surface area (Å²) in [5.41, 5.74) is 8.57. The van der Waals surface area contributed by atoms with Crippen molar-refractivity contribution < 1.29 is 4.57 Å². The fourth-order valence-electron chi connectivity index (χ4n) is 8.70. The van der Waals surface area contributed by atoms with Gasteiger partial charge in [-0.05, 0) is 93.3 Å². The molecule has 1 unspecified atom stereocenters. The third kappa shape index (κ3) is 4.52. The minimum Gasteiger partial charge on any atom is -0.310 e. The first kappa shape index (κ1) is 30.9. The molecule has 2 heterocycles. The maximum absolute atomic E-state index is 15.8. The van der Waals surface area contributed by atoms with Crippen molar-refractivity contribution in [2.24, 2.45) is 0 Å². The number of para-hydroxylation sites is 1. The highest BCUT2D eigenvalue weighted by Gasteiger charge is 2.42. The summed E-state index contributed by atoms with van der Waals surface area (Å²) < 4.78 is 18.1. The third-order valence-electron chi connectivity index (χ3n) is 11.1. The SMILES string of the molecule is O=P1(c2ccccc2)c2ccccc2-c2ccc3c(c21)c1ccccc1n3-c1ccc(N(c2ccc3ccccc3c2)c2ccc3ccccc3c2)cc1. The molecule has 9 aromatic carbocycles. The highest BCUT2D eigenvalue weighted by Crippen LogP contribution is 2.55. The number of hydrogen-bond acceptors (Lipinski definition) is 2. The van der Waals surface area contributed by atoms with Crippen molar-refractivity contribution in [1.82, 2.24) is 4.57 Å². The van der Waals surface area contributed by atoms with Crippen molar-refractivity contribution in [2.45, 2.75) is 0 Å². The van der Waals surface area contributed by atoms with Gasteiger partial charge in [0.15, 0.2) is 7.14 Å². The molecule has 3 nitrogen and oxygen atoms in total. The van der Waals surface area contributed by atoms with Gasteiger partial charge in [-0.1, -0.05) is 140 Å². The molecule has 0 amide bonds. The van der Waals surface area contributed by atoms with E-state index in [0.29, 0.717) is 0 Å². The normalized spacial score (nSPS) is 14.8. The van der Waals surface area contributed by atoms with E-state index in [0.717, 1.165) is 71.6 Å². The molecule has 1 aromatic heterocycles. The summed E-state index contributed by atoms with van der Waals surface area (Å²) in [5, 5.41) is 9.72. The molecule has 0 saturated carbocycles. The number of benzene rings is 9. The van der Waals surface area contributed by atoms with Crippen molar-refractivity contribution >= 4 is 83.5 Å². The molecule has 0 aliphatic carbocycles. The number of anilines is 3. The summed E-state index contributed by atoms with van der Waals surface area (Å²) in [6, 6.07) is 70.5. The standard InChI is InChI=1S/C50H33N2OP/c53-54(42-16-2-1-3-17-42)48-21-11-9-18-43(48)44-30-31-47-49(50(44)54)45-19-8-10-20-46(45)52(47)39-28-26-38(27-29-39)51(40-24-22-34-12-4-6-14-36(34)32-40)41-25-23-35-13-5-7-15-37(35)33-41/h1-33H. The van der Waals surface area contributed by atoms with E-state index in [2.05, 4.69) is 173 Å². The molecule has 0 radical (unpaired) electrons. The Morgan fingerprint density at radius 1 is 0.426 bits per heavy atom. The Hall–Kier alpha value is -6.67. The van der Waals surface area contributed by atoms with Gasteiger partial charge in [0.05, 0.1) is 11.0 Å². The highest BCUT2D eigenvalue weighted by molar-refractivity contribution is 7.86. The summed E-state index contributed by atoms with van der Waals surface area (Å²) in [4.78, 5) is 2.34. The average Bonchev–Trinajstić information content (AvgIpc) is 3.71. The fourth-order valence-corrected chi connectivity index (χ4v) is 12.0. The summed E-state index contributed by atoms with van der Waals surface area (Å²) in [5.74, 6) is 0. The molecular weight excluding hydrogens is 676 g/mol. The number of nitrogens with zero attached hydrogens (tertiary/aromatic N) is 2. The molecule has 11 rings (SSSR count). The van der Waals surface area contributed by atoms with Crippen LogP contribution in [-0.4, -0.2) is 4.57 Å². The van der Waals surface area contributed by atoms with Crippen molar-refractivity contribution in [3.63, 3.8) is 0 Å². The molecule has 0 fully saturated rings. The van der Waals surface area contributed by atoms with Gasteiger partial charge in [-0.25, -0.2) is 0 Å². The van der Waals surface area contributed by atoms with Crippen molar-refractivity contribution in [3.8, 4) is 16.8 Å². The minimum atomic E-state index is -3.17. The number of rotatable bonds is 5. The van der Waals surface area contributed by atoms with Crippen molar-refractivity contribution in [1.29, 1.82) is 0 Å². The Morgan fingerprint density at radius 2 is 1.00 bits per heavy atom. The number of hydrogen-bond donors (Lipinski definition) is 0. The van der Waals surface area contributed by atoms with Gasteiger partial charge in [-0.15, -0.1) is 0 Å². The third-order valence-corrected chi connectivity index (χ3v) is 14.3. The zero-order valence-corrected chi connectivity index (χ0v) is 30.2.